The van der Waals surface area contributed by atoms with Crippen LogP contribution in [0.2, 0.25) is 0 Å². The third-order valence-electron chi connectivity index (χ3n) is 4.12. The van der Waals surface area contributed by atoms with E-state index in [9.17, 15) is 0 Å². The summed E-state index contributed by atoms with van der Waals surface area (Å²) in [4.78, 5) is 2.73. The Bertz CT molecular complexity index is 203. The van der Waals surface area contributed by atoms with Gasteiger partial charge in [0.05, 0.1) is 0 Å². The van der Waals surface area contributed by atoms with Gasteiger partial charge in [0.15, 0.2) is 0 Å². The number of nitrogens with zero attached hydrogens (tertiary/aromatic N) is 1. The molecular weight excluding hydrogens is 208 g/mol. The monoisotopic (exact) mass is 240 g/mol. The largest absolute Gasteiger partial charge is 0.313 e. The van der Waals surface area contributed by atoms with E-state index < -0.39 is 0 Å². The van der Waals surface area contributed by atoms with E-state index in [0.717, 1.165) is 18.5 Å². The molecule has 0 bridgehead atoms. The molecule has 0 aromatic rings. The molecule has 0 amide bonds. The summed E-state index contributed by atoms with van der Waals surface area (Å²) < 4.78 is 0. The third-order valence-corrected chi connectivity index (χ3v) is 4.12. The van der Waals surface area contributed by atoms with Crippen LogP contribution in [0.15, 0.2) is 0 Å². The van der Waals surface area contributed by atoms with E-state index >= 15 is 0 Å². The van der Waals surface area contributed by atoms with E-state index in [-0.39, 0.29) is 0 Å². The second-order valence-corrected chi connectivity index (χ2v) is 5.98. The minimum Gasteiger partial charge on any atom is -0.313 e. The van der Waals surface area contributed by atoms with Gasteiger partial charge in [0.25, 0.3) is 0 Å². The molecule has 0 heterocycles. The average Bonchev–Trinajstić information content (AvgIpc) is 2.28. The lowest BCUT2D eigenvalue weighted by molar-refractivity contribution is 0.0753. The Morgan fingerprint density at radius 3 is 2.47 bits per heavy atom. The molecule has 1 saturated carbocycles. The van der Waals surface area contributed by atoms with Crippen LogP contribution in [0, 0.1) is 5.92 Å². The summed E-state index contributed by atoms with van der Waals surface area (Å²) in [5, 5.41) is 3.71. The molecule has 1 N–H and O–H groups in total. The number of rotatable bonds is 6. The Morgan fingerprint density at radius 2 is 1.94 bits per heavy atom. The summed E-state index contributed by atoms with van der Waals surface area (Å²) >= 11 is 0. The Hall–Kier alpha value is -0.0800. The van der Waals surface area contributed by atoms with Crippen molar-refractivity contribution >= 4 is 0 Å². The first-order valence-electron chi connectivity index (χ1n) is 7.59. The van der Waals surface area contributed by atoms with E-state index in [4.69, 9.17) is 0 Å². The Balaban J connectivity index is 2.70. The van der Waals surface area contributed by atoms with Gasteiger partial charge in [-0.2, -0.15) is 0 Å². The summed E-state index contributed by atoms with van der Waals surface area (Å²) in [6.45, 7) is 14.0. The molecular formula is C15H32N2. The second kappa shape index (κ2) is 7.38. The van der Waals surface area contributed by atoms with E-state index in [1.54, 1.807) is 0 Å². The lowest BCUT2D eigenvalue weighted by Gasteiger charge is -2.44. The fourth-order valence-corrected chi connectivity index (χ4v) is 3.28. The molecule has 1 aliphatic carbocycles. The lowest BCUT2D eigenvalue weighted by atomic mass is 9.82. The molecule has 2 nitrogen and oxygen atoms in total. The number of likely N-dealkylation sites (N-methyl/N-ethyl adjacent to an activating group) is 1. The predicted molar refractivity (Wildman–Crippen MR) is 76.4 cm³/mol. The molecule has 0 aliphatic heterocycles. The molecule has 3 unspecified atom stereocenters. The third kappa shape index (κ3) is 4.26. The molecule has 0 saturated heterocycles. The van der Waals surface area contributed by atoms with Crippen molar-refractivity contribution in [2.75, 3.05) is 13.1 Å². The van der Waals surface area contributed by atoms with Crippen molar-refractivity contribution < 1.29 is 0 Å². The number of hydrogen-bond donors (Lipinski definition) is 1. The van der Waals surface area contributed by atoms with Crippen LogP contribution in [-0.2, 0) is 0 Å². The van der Waals surface area contributed by atoms with Crippen molar-refractivity contribution in [3.05, 3.63) is 0 Å². The highest BCUT2D eigenvalue weighted by Crippen LogP contribution is 2.29. The summed E-state index contributed by atoms with van der Waals surface area (Å²) in [5.41, 5.74) is 0. The molecule has 0 spiro atoms. The Morgan fingerprint density at radius 1 is 1.24 bits per heavy atom. The van der Waals surface area contributed by atoms with Gasteiger partial charge in [0.1, 0.15) is 0 Å². The lowest BCUT2D eigenvalue weighted by Crippen LogP contribution is -2.55. The molecule has 102 valence electrons. The standard InChI is InChI=1S/C15H32N2/c1-6-10-17(12(3)4)15-11-13(5)8-9-14(15)16-7-2/h12-16H,6-11H2,1-5H3. The first kappa shape index (κ1) is 15.0. The maximum absolute atomic E-state index is 3.71. The highest BCUT2D eigenvalue weighted by molar-refractivity contribution is 4.91. The average molecular weight is 240 g/mol. The van der Waals surface area contributed by atoms with Gasteiger partial charge in [0, 0.05) is 18.1 Å². The highest BCUT2D eigenvalue weighted by Gasteiger charge is 2.33. The van der Waals surface area contributed by atoms with Crippen molar-refractivity contribution in [1.82, 2.24) is 10.2 Å². The fraction of sp³-hybridized carbons (Fsp3) is 1.00. The minimum absolute atomic E-state index is 0.673. The first-order valence-corrected chi connectivity index (χ1v) is 7.59. The van der Waals surface area contributed by atoms with Gasteiger partial charge in [0.2, 0.25) is 0 Å². The van der Waals surface area contributed by atoms with Crippen molar-refractivity contribution in [2.45, 2.75) is 78.4 Å². The molecule has 1 fully saturated rings. The van der Waals surface area contributed by atoms with Crippen LogP contribution >= 0.6 is 0 Å². The predicted octanol–water partition coefficient (Wildman–Crippen LogP) is 3.27. The van der Waals surface area contributed by atoms with Crippen LogP contribution < -0.4 is 5.32 Å². The molecule has 17 heavy (non-hydrogen) atoms. The van der Waals surface area contributed by atoms with E-state index in [2.05, 4.69) is 44.8 Å². The molecule has 3 atom stereocenters. The Labute approximate surface area is 108 Å². The normalized spacial score (nSPS) is 30.2. The van der Waals surface area contributed by atoms with Crippen LogP contribution in [-0.4, -0.2) is 36.1 Å². The van der Waals surface area contributed by atoms with E-state index in [0.29, 0.717) is 12.1 Å². The summed E-state index contributed by atoms with van der Waals surface area (Å²) in [6.07, 6.45) is 5.39. The summed E-state index contributed by atoms with van der Waals surface area (Å²) in [5.74, 6) is 0.896. The van der Waals surface area contributed by atoms with Crippen LogP contribution in [0.25, 0.3) is 0 Å². The van der Waals surface area contributed by atoms with Crippen molar-refractivity contribution in [2.24, 2.45) is 5.92 Å². The van der Waals surface area contributed by atoms with Gasteiger partial charge in [-0.05, 0) is 58.5 Å². The Kier molecular flexibility index (Phi) is 6.50. The van der Waals surface area contributed by atoms with Crippen molar-refractivity contribution in [1.29, 1.82) is 0 Å². The van der Waals surface area contributed by atoms with Gasteiger partial charge >= 0.3 is 0 Å². The van der Waals surface area contributed by atoms with Crippen LogP contribution in [0.4, 0.5) is 0 Å². The number of hydrogen-bond acceptors (Lipinski definition) is 2. The van der Waals surface area contributed by atoms with Crippen LogP contribution in [0.1, 0.15) is 60.3 Å². The topological polar surface area (TPSA) is 15.3 Å². The number of nitrogens with one attached hydrogen (secondary N) is 1. The zero-order valence-electron chi connectivity index (χ0n) is 12.5. The summed E-state index contributed by atoms with van der Waals surface area (Å²) in [6, 6.07) is 2.13. The van der Waals surface area contributed by atoms with Gasteiger partial charge in [-0.3, -0.25) is 4.90 Å². The summed E-state index contributed by atoms with van der Waals surface area (Å²) in [7, 11) is 0. The molecule has 1 aliphatic rings. The second-order valence-electron chi connectivity index (χ2n) is 5.98. The van der Waals surface area contributed by atoms with Gasteiger partial charge in [-0.25, -0.2) is 0 Å². The SMILES string of the molecule is CCCN(C(C)C)C1CC(C)CCC1NCC. The first-order chi connectivity index (χ1) is 8.10. The highest BCUT2D eigenvalue weighted by atomic mass is 15.2. The molecule has 0 aromatic carbocycles. The maximum atomic E-state index is 3.71. The van der Waals surface area contributed by atoms with Crippen LogP contribution in [0.5, 0.6) is 0 Å². The minimum atomic E-state index is 0.673. The van der Waals surface area contributed by atoms with Gasteiger partial charge in [-0.15, -0.1) is 0 Å². The molecule has 0 radical (unpaired) electrons. The quantitative estimate of drug-likeness (QED) is 0.766. The smallest absolute Gasteiger partial charge is 0.0254 e. The van der Waals surface area contributed by atoms with Gasteiger partial charge < -0.3 is 5.32 Å². The zero-order valence-corrected chi connectivity index (χ0v) is 12.5. The van der Waals surface area contributed by atoms with E-state index in [1.165, 1.54) is 32.2 Å². The van der Waals surface area contributed by atoms with Crippen LogP contribution in [0.3, 0.4) is 0 Å². The maximum Gasteiger partial charge on any atom is 0.0254 e. The zero-order chi connectivity index (χ0) is 12.8. The van der Waals surface area contributed by atoms with Gasteiger partial charge in [-0.1, -0.05) is 20.8 Å². The van der Waals surface area contributed by atoms with Crippen molar-refractivity contribution in [3.8, 4) is 0 Å². The molecule has 1 rings (SSSR count). The molecule has 2 heteroatoms. The molecule has 0 aromatic heterocycles. The van der Waals surface area contributed by atoms with E-state index in [1.807, 2.05) is 0 Å². The fourth-order valence-electron chi connectivity index (χ4n) is 3.28. The van der Waals surface area contributed by atoms with Crippen molar-refractivity contribution in [3.63, 3.8) is 0 Å².